The number of hydrogen-bond donors (Lipinski definition) is 3. The summed E-state index contributed by atoms with van der Waals surface area (Å²) in [4.78, 5) is 23.2. The van der Waals surface area contributed by atoms with Crippen molar-refractivity contribution in [2.24, 2.45) is 22.7 Å². The average molecular weight is 402 g/mol. The maximum Gasteiger partial charge on any atom is 0.154 e. The highest BCUT2D eigenvalue weighted by Crippen LogP contribution is 2.66. The molecule has 0 amide bonds. The molecule has 6 heteroatoms. The van der Waals surface area contributed by atoms with E-state index >= 15 is 0 Å². The van der Waals surface area contributed by atoms with E-state index in [9.17, 15) is 24.9 Å². The molecule has 6 nitrogen and oxygen atoms in total. The summed E-state index contributed by atoms with van der Waals surface area (Å²) in [7, 11) is 0. The number of hydrogen-bond acceptors (Lipinski definition) is 6. The molecule has 2 saturated carbocycles. The number of phenolic OH excluding ortho intramolecular Hbond substituents is 1. The Labute approximate surface area is 170 Å². The summed E-state index contributed by atoms with van der Waals surface area (Å²) in [6.45, 7) is 8.20. The summed E-state index contributed by atoms with van der Waals surface area (Å²) >= 11 is 0. The zero-order chi connectivity index (χ0) is 21.4. The minimum atomic E-state index is -0.884. The van der Waals surface area contributed by atoms with Crippen LogP contribution in [0.3, 0.4) is 0 Å². The fraction of sp³-hybridized carbons (Fsp3) is 0.652. The Morgan fingerprint density at radius 3 is 2.45 bits per heavy atom. The van der Waals surface area contributed by atoms with Crippen LogP contribution in [0.5, 0.6) is 11.5 Å². The lowest BCUT2D eigenvalue weighted by atomic mass is 9.43. The minimum absolute atomic E-state index is 0.0434. The molecule has 3 aliphatic rings. The summed E-state index contributed by atoms with van der Waals surface area (Å²) in [5.41, 5.74) is -0.921. The van der Waals surface area contributed by atoms with Crippen LogP contribution in [0.1, 0.15) is 73.2 Å². The quantitative estimate of drug-likeness (QED) is 0.657. The number of fused-ring (bicyclic) bond motifs is 3. The molecule has 29 heavy (non-hydrogen) atoms. The number of rotatable bonds is 2. The predicted molar refractivity (Wildman–Crippen MR) is 106 cm³/mol. The molecule has 0 radical (unpaired) electrons. The zero-order valence-electron chi connectivity index (χ0n) is 17.4. The number of aliphatic hydroxyl groups excluding tert-OH is 2. The summed E-state index contributed by atoms with van der Waals surface area (Å²) in [5.74, 6) is 0.437. The third-order valence-electron chi connectivity index (χ3n) is 8.48. The van der Waals surface area contributed by atoms with E-state index in [2.05, 4.69) is 13.8 Å². The monoisotopic (exact) mass is 402 g/mol. The van der Waals surface area contributed by atoms with Crippen molar-refractivity contribution < 1.29 is 29.6 Å². The van der Waals surface area contributed by atoms with Crippen molar-refractivity contribution in [3.63, 3.8) is 0 Å². The molecule has 0 aromatic heterocycles. The second-order valence-corrected chi connectivity index (χ2v) is 10.1. The van der Waals surface area contributed by atoms with Gasteiger partial charge in [0.25, 0.3) is 0 Å². The van der Waals surface area contributed by atoms with E-state index in [0.717, 1.165) is 12.8 Å². The molecule has 1 aliphatic heterocycles. The molecule has 2 fully saturated rings. The first-order valence-corrected chi connectivity index (χ1v) is 10.4. The van der Waals surface area contributed by atoms with Gasteiger partial charge in [-0.2, -0.15) is 0 Å². The van der Waals surface area contributed by atoms with Crippen LogP contribution >= 0.6 is 0 Å². The molecule has 4 rings (SSSR count). The van der Waals surface area contributed by atoms with Gasteiger partial charge in [-0.25, -0.2) is 0 Å². The number of ether oxygens (including phenoxy) is 1. The summed E-state index contributed by atoms with van der Waals surface area (Å²) in [5, 5.41) is 32.0. The predicted octanol–water partition coefficient (Wildman–Crippen LogP) is 2.90. The fourth-order valence-corrected chi connectivity index (χ4v) is 6.89. The van der Waals surface area contributed by atoms with Crippen molar-refractivity contribution >= 4 is 12.6 Å². The number of phenols is 1. The molecule has 2 aliphatic carbocycles. The first kappa shape index (κ1) is 20.4. The molecular formula is C23H30O6. The van der Waals surface area contributed by atoms with Crippen LogP contribution < -0.4 is 4.74 Å². The third kappa shape index (κ3) is 2.42. The normalized spacial score (nSPS) is 40.1. The van der Waals surface area contributed by atoms with Gasteiger partial charge in [-0.3, -0.25) is 9.59 Å². The molecule has 1 aromatic rings. The highest BCUT2D eigenvalue weighted by Gasteiger charge is 2.68. The van der Waals surface area contributed by atoms with Gasteiger partial charge in [-0.05, 0) is 42.6 Å². The van der Waals surface area contributed by atoms with E-state index in [-0.39, 0.29) is 34.5 Å². The number of benzene rings is 1. The molecule has 3 N–H and O–H groups in total. The number of aliphatic hydroxyl groups is 2. The van der Waals surface area contributed by atoms with E-state index in [1.165, 1.54) is 6.07 Å². The Hall–Kier alpha value is -1.92. The summed E-state index contributed by atoms with van der Waals surface area (Å²) in [6, 6.07) is 1.33. The molecule has 1 spiro atoms. The Kier molecular flexibility index (Phi) is 4.41. The SMILES string of the molecule is C[C@H]1CC[C@@H]2C(C)(C)[C@@H](O)[C@@H](O)C[C@@]2(C)[C@]12Cc1c(O)cc(C=O)c(C=O)c1O2. The molecule has 1 aromatic carbocycles. The molecular weight excluding hydrogens is 372 g/mol. The number of carbonyl (C=O) groups is 2. The lowest BCUT2D eigenvalue weighted by Gasteiger charge is -2.64. The van der Waals surface area contributed by atoms with E-state index in [4.69, 9.17) is 4.74 Å². The Balaban J connectivity index is 1.90. The average Bonchev–Trinajstić information content (AvgIpc) is 3.07. The van der Waals surface area contributed by atoms with Crippen LogP contribution in [-0.2, 0) is 6.42 Å². The van der Waals surface area contributed by atoms with Gasteiger partial charge in [0.1, 0.15) is 17.1 Å². The van der Waals surface area contributed by atoms with Gasteiger partial charge >= 0.3 is 0 Å². The van der Waals surface area contributed by atoms with Crippen LogP contribution in [0.4, 0.5) is 0 Å². The molecule has 0 bridgehead atoms. The minimum Gasteiger partial charge on any atom is -0.508 e. The van der Waals surface area contributed by atoms with Crippen LogP contribution in [-0.4, -0.2) is 45.7 Å². The van der Waals surface area contributed by atoms with Crippen LogP contribution in [0.15, 0.2) is 6.07 Å². The van der Waals surface area contributed by atoms with E-state index in [1.807, 2.05) is 13.8 Å². The summed E-state index contributed by atoms with van der Waals surface area (Å²) in [6.07, 6.45) is 2.01. The smallest absolute Gasteiger partial charge is 0.154 e. The largest absolute Gasteiger partial charge is 0.508 e. The second-order valence-electron chi connectivity index (χ2n) is 10.1. The van der Waals surface area contributed by atoms with Crippen LogP contribution in [0.25, 0.3) is 0 Å². The fourth-order valence-electron chi connectivity index (χ4n) is 6.89. The van der Waals surface area contributed by atoms with Gasteiger partial charge in [-0.15, -0.1) is 0 Å². The van der Waals surface area contributed by atoms with Gasteiger partial charge < -0.3 is 20.1 Å². The van der Waals surface area contributed by atoms with Crippen molar-refractivity contribution in [1.29, 1.82) is 0 Å². The van der Waals surface area contributed by atoms with Gasteiger partial charge in [0, 0.05) is 23.0 Å². The summed E-state index contributed by atoms with van der Waals surface area (Å²) < 4.78 is 6.60. The molecule has 6 atom stereocenters. The Morgan fingerprint density at radius 1 is 1.14 bits per heavy atom. The lowest BCUT2D eigenvalue weighted by Crippen LogP contribution is -2.69. The highest BCUT2D eigenvalue weighted by molar-refractivity contribution is 5.95. The van der Waals surface area contributed by atoms with Crippen molar-refractivity contribution in [3.8, 4) is 11.5 Å². The molecule has 1 heterocycles. The number of carbonyl (C=O) groups excluding carboxylic acids is 2. The van der Waals surface area contributed by atoms with Crippen LogP contribution in [0, 0.1) is 22.7 Å². The maximum absolute atomic E-state index is 11.8. The van der Waals surface area contributed by atoms with Crippen molar-refractivity contribution in [3.05, 3.63) is 22.8 Å². The number of aldehydes is 2. The van der Waals surface area contributed by atoms with Gasteiger partial charge in [-0.1, -0.05) is 27.7 Å². The Bertz CT molecular complexity index is 877. The number of aromatic hydroxyl groups is 1. The second kappa shape index (κ2) is 6.29. The third-order valence-corrected chi connectivity index (χ3v) is 8.48. The first-order chi connectivity index (χ1) is 13.5. The standard InChI is InChI=1S/C23H30O6/c1-12-5-6-18-21(2,3)20(28)17(27)9-22(18,4)23(12)8-14-16(26)7-13(10-24)15(11-25)19(14)29-23/h7,10-12,17-18,20,26-28H,5-6,8-9H2,1-4H3/t12-,17-,18+,20-,22+,23-/m0/s1. The van der Waals surface area contributed by atoms with Gasteiger partial charge in [0.15, 0.2) is 12.6 Å². The molecule has 0 saturated heterocycles. The van der Waals surface area contributed by atoms with E-state index in [0.29, 0.717) is 31.0 Å². The first-order valence-electron chi connectivity index (χ1n) is 10.4. The topological polar surface area (TPSA) is 104 Å². The molecule has 0 unspecified atom stereocenters. The van der Waals surface area contributed by atoms with E-state index in [1.54, 1.807) is 0 Å². The zero-order valence-corrected chi connectivity index (χ0v) is 17.4. The highest BCUT2D eigenvalue weighted by atomic mass is 16.5. The maximum atomic E-state index is 11.8. The van der Waals surface area contributed by atoms with Crippen molar-refractivity contribution in [2.45, 2.75) is 71.2 Å². The Morgan fingerprint density at radius 2 is 1.83 bits per heavy atom. The van der Waals surface area contributed by atoms with Gasteiger partial charge in [0.2, 0.25) is 0 Å². The van der Waals surface area contributed by atoms with Crippen molar-refractivity contribution in [2.75, 3.05) is 0 Å². The lowest BCUT2D eigenvalue weighted by molar-refractivity contribution is -0.240. The van der Waals surface area contributed by atoms with Crippen molar-refractivity contribution in [1.82, 2.24) is 0 Å². The van der Waals surface area contributed by atoms with Gasteiger partial charge in [0.05, 0.1) is 17.8 Å². The van der Waals surface area contributed by atoms with E-state index < -0.39 is 28.6 Å². The van der Waals surface area contributed by atoms with Crippen LogP contribution in [0.2, 0.25) is 0 Å². The molecule has 158 valence electrons.